The van der Waals surface area contributed by atoms with Crippen molar-refractivity contribution in [3.05, 3.63) is 30.2 Å². The minimum absolute atomic E-state index is 0.0223. The molecule has 3 rings (SSSR count). The van der Waals surface area contributed by atoms with Gasteiger partial charge >= 0.3 is 0 Å². The number of aromatic nitrogens is 2. The molecule has 1 saturated heterocycles. The summed E-state index contributed by atoms with van der Waals surface area (Å²) < 4.78 is 10.4. The van der Waals surface area contributed by atoms with E-state index in [-0.39, 0.29) is 17.7 Å². The van der Waals surface area contributed by atoms with Gasteiger partial charge in [0.2, 0.25) is 23.5 Å². The first-order valence-corrected chi connectivity index (χ1v) is 8.61. The SMILES string of the molecule is COc1cccc(-c2noc(CCC(=O)N3CCC(C(N)=O)CC3)n2)c1. The molecular formula is C18H22N4O4. The van der Waals surface area contributed by atoms with Crippen LogP contribution in [0, 0.1) is 5.92 Å². The molecule has 0 atom stereocenters. The summed E-state index contributed by atoms with van der Waals surface area (Å²) in [5, 5.41) is 3.96. The quantitative estimate of drug-likeness (QED) is 0.835. The Morgan fingerprint density at radius 3 is 2.81 bits per heavy atom. The highest BCUT2D eigenvalue weighted by Crippen LogP contribution is 2.22. The number of methoxy groups -OCH3 is 1. The van der Waals surface area contributed by atoms with Crippen molar-refractivity contribution in [2.45, 2.75) is 25.7 Å². The lowest BCUT2D eigenvalue weighted by atomic mass is 9.96. The van der Waals surface area contributed by atoms with Gasteiger partial charge in [-0.25, -0.2) is 0 Å². The van der Waals surface area contributed by atoms with Crippen LogP contribution in [0.15, 0.2) is 28.8 Å². The van der Waals surface area contributed by atoms with Gasteiger partial charge in [0.25, 0.3) is 0 Å². The van der Waals surface area contributed by atoms with Crippen LogP contribution in [0.2, 0.25) is 0 Å². The molecule has 0 saturated carbocycles. The first-order chi connectivity index (χ1) is 12.6. The van der Waals surface area contributed by atoms with Gasteiger partial charge in [-0.3, -0.25) is 9.59 Å². The topological polar surface area (TPSA) is 112 Å². The van der Waals surface area contributed by atoms with Crippen LogP contribution in [0.25, 0.3) is 11.4 Å². The molecule has 1 aromatic carbocycles. The Labute approximate surface area is 151 Å². The second-order valence-electron chi connectivity index (χ2n) is 6.30. The van der Waals surface area contributed by atoms with Crippen molar-refractivity contribution in [3.63, 3.8) is 0 Å². The van der Waals surface area contributed by atoms with Crippen molar-refractivity contribution in [1.82, 2.24) is 15.0 Å². The van der Waals surface area contributed by atoms with E-state index in [2.05, 4.69) is 10.1 Å². The summed E-state index contributed by atoms with van der Waals surface area (Å²) in [4.78, 5) is 29.6. The lowest BCUT2D eigenvalue weighted by Gasteiger charge is -2.30. The Balaban J connectivity index is 1.53. The highest BCUT2D eigenvalue weighted by molar-refractivity contribution is 5.79. The molecule has 0 aliphatic carbocycles. The molecule has 1 aromatic heterocycles. The van der Waals surface area contributed by atoms with E-state index >= 15 is 0 Å². The minimum Gasteiger partial charge on any atom is -0.497 e. The summed E-state index contributed by atoms with van der Waals surface area (Å²) in [5.74, 6) is 1.21. The van der Waals surface area contributed by atoms with Crippen LogP contribution in [0.4, 0.5) is 0 Å². The van der Waals surface area contributed by atoms with Crippen molar-refractivity contribution >= 4 is 11.8 Å². The average molecular weight is 358 g/mol. The Morgan fingerprint density at radius 1 is 1.35 bits per heavy atom. The Hall–Kier alpha value is -2.90. The fourth-order valence-electron chi connectivity index (χ4n) is 3.02. The maximum absolute atomic E-state index is 12.3. The van der Waals surface area contributed by atoms with Crippen molar-refractivity contribution < 1.29 is 18.8 Å². The Bertz CT molecular complexity index is 781. The molecule has 8 heteroatoms. The summed E-state index contributed by atoms with van der Waals surface area (Å²) in [6.45, 7) is 1.12. The van der Waals surface area contributed by atoms with Gasteiger partial charge in [0, 0.05) is 37.4 Å². The average Bonchev–Trinajstić information content (AvgIpc) is 3.15. The second kappa shape index (κ2) is 7.99. The number of hydrogen-bond acceptors (Lipinski definition) is 6. The fourth-order valence-corrected chi connectivity index (χ4v) is 3.02. The smallest absolute Gasteiger partial charge is 0.227 e. The number of hydrogen-bond donors (Lipinski definition) is 1. The molecule has 2 amide bonds. The van der Waals surface area contributed by atoms with E-state index in [4.69, 9.17) is 15.0 Å². The maximum Gasteiger partial charge on any atom is 0.227 e. The van der Waals surface area contributed by atoms with Crippen molar-refractivity contribution in [3.8, 4) is 17.1 Å². The van der Waals surface area contributed by atoms with Gasteiger partial charge < -0.3 is 19.9 Å². The van der Waals surface area contributed by atoms with E-state index in [1.165, 1.54) is 0 Å². The lowest BCUT2D eigenvalue weighted by Crippen LogP contribution is -2.41. The Kier molecular flexibility index (Phi) is 5.50. The molecule has 1 aliphatic heterocycles. The van der Waals surface area contributed by atoms with Gasteiger partial charge in [0.1, 0.15) is 5.75 Å². The third-order valence-corrected chi connectivity index (χ3v) is 4.60. The molecule has 1 aliphatic rings. The number of nitrogens with two attached hydrogens (primary N) is 1. The largest absolute Gasteiger partial charge is 0.497 e. The van der Waals surface area contributed by atoms with Crippen LogP contribution < -0.4 is 10.5 Å². The molecule has 0 spiro atoms. The van der Waals surface area contributed by atoms with E-state index in [0.29, 0.717) is 56.2 Å². The van der Waals surface area contributed by atoms with Crippen LogP contribution in [0.3, 0.4) is 0 Å². The van der Waals surface area contributed by atoms with E-state index in [0.717, 1.165) is 5.56 Å². The number of rotatable bonds is 6. The third-order valence-electron chi connectivity index (χ3n) is 4.60. The number of piperidine rings is 1. The van der Waals surface area contributed by atoms with Crippen molar-refractivity contribution in [2.24, 2.45) is 11.7 Å². The Morgan fingerprint density at radius 2 is 2.12 bits per heavy atom. The summed E-state index contributed by atoms with van der Waals surface area (Å²) in [6.07, 6.45) is 1.93. The predicted octanol–water partition coefficient (Wildman–Crippen LogP) is 1.40. The van der Waals surface area contributed by atoms with Crippen LogP contribution in [-0.4, -0.2) is 47.1 Å². The van der Waals surface area contributed by atoms with Gasteiger partial charge in [-0.2, -0.15) is 4.98 Å². The normalized spacial score (nSPS) is 15.0. The molecule has 0 radical (unpaired) electrons. The molecule has 8 nitrogen and oxygen atoms in total. The number of aryl methyl sites for hydroxylation is 1. The number of carbonyl (C=O) groups is 2. The number of primary amides is 1. The molecule has 1 fully saturated rings. The van der Waals surface area contributed by atoms with Gasteiger partial charge in [-0.05, 0) is 25.0 Å². The highest BCUT2D eigenvalue weighted by atomic mass is 16.5. The van der Waals surface area contributed by atoms with E-state index in [9.17, 15) is 9.59 Å². The van der Waals surface area contributed by atoms with Crippen LogP contribution in [0.1, 0.15) is 25.2 Å². The zero-order valence-electron chi connectivity index (χ0n) is 14.7. The first kappa shape index (κ1) is 17.9. The number of amides is 2. The summed E-state index contributed by atoms with van der Waals surface area (Å²) in [6, 6.07) is 7.38. The molecule has 2 N–H and O–H groups in total. The van der Waals surface area contributed by atoms with Gasteiger partial charge in [-0.1, -0.05) is 17.3 Å². The number of likely N-dealkylation sites (tertiary alicyclic amines) is 1. The number of nitrogens with zero attached hydrogens (tertiary/aromatic N) is 3. The number of carbonyl (C=O) groups excluding carboxylic acids is 2. The van der Waals surface area contributed by atoms with E-state index in [1.807, 2.05) is 24.3 Å². The summed E-state index contributed by atoms with van der Waals surface area (Å²) >= 11 is 0. The van der Waals surface area contributed by atoms with Gasteiger partial charge in [-0.15, -0.1) is 0 Å². The van der Waals surface area contributed by atoms with E-state index < -0.39 is 0 Å². The molecule has 0 bridgehead atoms. The second-order valence-corrected chi connectivity index (χ2v) is 6.30. The van der Waals surface area contributed by atoms with E-state index in [1.54, 1.807) is 12.0 Å². The van der Waals surface area contributed by atoms with Crippen molar-refractivity contribution in [2.75, 3.05) is 20.2 Å². The zero-order chi connectivity index (χ0) is 18.5. The molecule has 138 valence electrons. The lowest BCUT2D eigenvalue weighted by molar-refractivity contribution is -0.134. The standard InChI is InChI=1S/C18H22N4O4/c1-25-14-4-2-3-13(11-14)18-20-15(26-21-18)5-6-16(23)22-9-7-12(8-10-22)17(19)24/h2-4,11-12H,5-10H2,1H3,(H2,19,24). The maximum atomic E-state index is 12.3. The molecular weight excluding hydrogens is 336 g/mol. The molecule has 0 unspecified atom stereocenters. The molecule has 26 heavy (non-hydrogen) atoms. The monoisotopic (exact) mass is 358 g/mol. The van der Waals surface area contributed by atoms with Crippen LogP contribution in [-0.2, 0) is 16.0 Å². The van der Waals surface area contributed by atoms with Crippen molar-refractivity contribution in [1.29, 1.82) is 0 Å². The van der Waals surface area contributed by atoms with Crippen LogP contribution >= 0.6 is 0 Å². The molecule has 2 heterocycles. The van der Waals surface area contributed by atoms with Gasteiger partial charge in [0.05, 0.1) is 7.11 Å². The minimum atomic E-state index is -0.284. The molecule has 2 aromatic rings. The summed E-state index contributed by atoms with van der Waals surface area (Å²) in [7, 11) is 1.60. The fraction of sp³-hybridized carbons (Fsp3) is 0.444. The van der Waals surface area contributed by atoms with Crippen LogP contribution in [0.5, 0.6) is 5.75 Å². The number of benzene rings is 1. The highest BCUT2D eigenvalue weighted by Gasteiger charge is 2.25. The predicted molar refractivity (Wildman–Crippen MR) is 93.1 cm³/mol. The summed E-state index contributed by atoms with van der Waals surface area (Å²) in [5.41, 5.74) is 6.10. The third kappa shape index (κ3) is 4.19. The first-order valence-electron chi connectivity index (χ1n) is 8.61. The zero-order valence-corrected chi connectivity index (χ0v) is 14.7. The number of ether oxygens (including phenoxy) is 1. The van der Waals surface area contributed by atoms with Gasteiger partial charge in [0.15, 0.2) is 0 Å².